The van der Waals surface area contributed by atoms with E-state index in [-0.39, 0.29) is 5.91 Å². The van der Waals surface area contributed by atoms with Gasteiger partial charge in [0.1, 0.15) is 0 Å². The molecule has 1 N–H and O–H groups in total. The number of carbonyl (C=O) groups is 1. The Morgan fingerprint density at radius 2 is 1.88 bits per heavy atom. The number of hydrogen-bond donors (Lipinski definition) is 1. The van der Waals surface area contributed by atoms with Crippen LogP contribution in [0.2, 0.25) is 0 Å². The van der Waals surface area contributed by atoms with Crippen LogP contribution >= 0.6 is 0 Å². The fourth-order valence-corrected chi connectivity index (χ4v) is 1.97. The summed E-state index contributed by atoms with van der Waals surface area (Å²) in [5.74, 6) is 0.231. The summed E-state index contributed by atoms with van der Waals surface area (Å²) in [5.41, 5.74) is 0. The summed E-state index contributed by atoms with van der Waals surface area (Å²) in [6.07, 6.45) is 0. The molecule has 0 radical (unpaired) electrons. The molecular weight excluding hydrogens is 218 g/mol. The minimum absolute atomic E-state index is 0.231. The van der Waals surface area contributed by atoms with E-state index in [1.807, 2.05) is 18.7 Å². The lowest BCUT2D eigenvalue weighted by molar-refractivity contribution is -0.132. The van der Waals surface area contributed by atoms with Gasteiger partial charge in [-0.15, -0.1) is 0 Å². The number of amides is 1. The van der Waals surface area contributed by atoms with Crippen LogP contribution in [0.15, 0.2) is 0 Å². The normalized spacial score (nSPS) is 22.0. The van der Waals surface area contributed by atoms with Crippen LogP contribution in [0.5, 0.6) is 0 Å². The number of hydrogen-bond acceptors (Lipinski definition) is 4. The van der Waals surface area contributed by atoms with E-state index >= 15 is 0 Å². The highest BCUT2D eigenvalue weighted by Gasteiger charge is 2.18. The van der Waals surface area contributed by atoms with E-state index in [0.29, 0.717) is 6.54 Å². The van der Waals surface area contributed by atoms with Crippen molar-refractivity contribution in [3.8, 4) is 0 Å². The second-order valence-electron chi connectivity index (χ2n) is 4.01. The fraction of sp³-hybridized carbons (Fsp3) is 0.917. The summed E-state index contributed by atoms with van der Waals surface area (Å²) < 4.78 is 5.28. The highest BCUT2D eigenvalue weighted by molar-refractivity contribution is 5.78. The minimum atomic E-state index is 0.231. The number of nitrogens with zero attached hydrogens (tertiary/aromatic N) is 2. The van der Waals surface area contributed by atoms with Crippen LogP contribution in [-0.4, -0.2) is 74.7 Å². The lowest BCUT2D eigenvalue weighted by atomic mass is 10.3. The number of piperazine rings is 1. The molecule has 0 spiro atoms. The minimum Gasteiger partial charge on any atom is -0.379 e. The monoisotopic (exact) mass is 243 g/mol. The molecule has 2 aliphatic rings. The largest absolute Gasteiger partial charge is 0.379 e. The zero-order valence-electron chi connectivity index (χ0n) is 11.1. The van der Waals surface area contributed by atoms with Gasteiger partial charge in [0.25, 0.3) is 0 Å². The second-order valence-corrected chi connectivity index (χ2v) is 4.01. The summed E-state index contributed by atoms with van der Waals surface area (Å²) in [6, 6.07) is 0. The maximum atomic E-state index is 11.5. The maximum Gasteiger partial charge on any atom is 0.236 e. The van der Waals surface area contributed by atoms with Gasteiger partial charge in [0.2, 0.25) is 5.91 Å². The molecule has 0 aromatic rings. The van der Waals surface area contributed by atoms with E-state index < -0.39 is 0 Å². The van der Waals surface area contributed by atoms with E-state index in [0.717, 1.165) is 52.5 Å². The predicted octanol–water partition coefficient (Wildman–Crippen LogP) is -0.223. The van der Waals surface area contributed by atoms with Gasteiger partial charge in [-0.1, -0.05) is 13.8 Å². The summed E-state index contributed by atoms with van der Waals surface area (Å²) in [6.45, 7) is 11.8. The highest BCUT2D eigenvalue weighted by atomic mass is 16.5. The smallest absolute Gasteiger partial charge is 0.236 e. The van der Waals surface area contributed by atoms with Crippen LogP contribution in [-0.2, 0) is 9.53 Å². The molecule has 2 rings (SSSR count). The van der Waals surface area contributed by atoms with Gasteiger partial charge in [-0.25, -0.2) is 0 Å². The Morgan fingerprint density at radius 1 is 1.18 bits per heavy atom. The molecule has 2 aliphatic heterocycles. The molecule has 5 nitrogen and oxygen atoms in total. The predicted molar refractivity (Wildman–Crippen MR) is 68.1 cm³/mol. The quantitative estimate of drug-likeness (QED) is 0.744. The third kappa shape index (κ3) is 5.02. The van der Waals surface area contributed by atoms with Gasteiger partial charge in [-0.2, -0.15) is 0 Å². The molecule has 0 aromatic carbocycles. The van der Waals surface area contributed by atoms with E-state index in [2.05, 4.69) is 10.2 Å². The lowest BCUT2D eigenvalue weighted by Crippen LogP contribution is -2.51. The standard InChI is InChI=1S/C10H19N3O2.C2H6/c14-10-9-11-1-2-13(10)4-3-12-5-7-15-8-6-12;1-2/h11H,1-9H2;1-2H3. The van der Waals surface area contributed by atoms with Crippen molar-refractivity contribution in [1.29, 1.82) is 0 Å². The Balaban J connectivity index is 0.000000686. The molecule has 5 heteroatoms. The Morgan fingerprint density at radius 3 is 2.53 bits per heavy atom. The molecule has 0 bridgehead atoms. The average molecular weight is 243 g/mol. The fourth-order valence-electron chi connectivity index (χ4n) is 1.97. The van der Waals surface area contributed by atoms with Crippen molar-refractivity contribution < 1.29 is 9.53 Å². The molecule has 1 amide bonds. The molecule has 0 aliphatic carbocycles. The molecule has 2 heterocycles. The van der Waals surface area contributed by atoms with Crippen LogP contribution in [0.25, 0.3) is 0 Å². The average Bonchev–Trinajstić information content (AvgIpc) is 2.41. The van der Waals surface area contributed by atoms with Gasteiger partial charge in [0, 0.05) is 39.3 Å². The number of carbonyl (C=O) groups excluding carboxylic acids is 1. The number of morpholine rings is 1. The van der Waals surface area contributed by atoms with Crippen molar-refractivity contribution in [3.05, 3.63) is 0 Å². The van der Waals surface area contributed by atoms with Crippen LogP contribution in [0.1, 0.15) is 13.8 Å². The van der Waals surface area contributed by atoms with Crippen molar-refractivity contribution in [2.75, 3.05) is 59.0 Å². The molecule has 0 saturated carbocycles. The number of rotatable bonds is 3. The van der Waals surface area contributed by atoms with E-state index in [4.69, 9.17) is 4.74 Å². The van der Waals surface area contributed by atoms with E-state index in [1.165, 1.54) is 0 Å². The van der Waals surface area contributed by atoms with Gasteiger partial charge in [0.15, 0.2) is 0 Å². The summed E-state index contributed by atoms with van der Waals surface area (Å²) in [7, 11) is 0. The zero-order valence-corrected chi connectivity index (χ0v) is 11.1. The first-order valence-corrected chi connectivity index (χ1v) is 6.65. The molecule has 0 unspecified atom stereocenters. The molecule has 17 heavy (non-hydrogen) atoms. The van der Waals surface area contributed by atoms with Crippen molar-refractivity contribution >= 4 is 5.91 Å². The van der Waals surface area contributed by atoms with Gasteiger partial charge in [-0.3, -0.25) is 9.69 Å². The Labute approximate surface area is 104 Å². The van der Waals surface area contributed by atoms with Crippen molar-refractivity contribution in [1.82, 2.24) is 15.1 Å². The van der Waals surface area contributed by atoms with Crippen LogP contribution in [0.3, 0.4) is 0 Å². The summed E-state index contributed by atoms with van der Waals surface area (Å²) >= 11 is 0. The van der Waals surface area contributed by atoms with Gasteiger partial charge in [-0.05, 0) is 0 Å². The molecule has 100 valence electrons. The third-order valence-electron chi connectivity index (χ3n) is 2.98. The molecule has 2 saturated heterocycles. The number of ether oxygens (including phenoxy) is 1. The summed E-state index contributed by atoms with van der Waals surface area (Å²) in [4.78, 5) is 15.8. The van der Waals surface area contributed by atoms with Gasteiger partial charge in [0.05, 0.1) is 19.8 Å². The Hall–Kier alpha value is -0.650. The van der Waals surface area contributed by atoms with Crippen LogP contribution in [0.4, 0.5) is 0 Å². The SMILES string of the molecule is CC.O=C1CNCCN1CCN1CCOCC1. The zero-order chi connectivity index (χ0) is 12.5. The topological polar surface area (TPSA) is 44.8 Å². The Bertz CT molecular complexity index is 218. The Kier molecular flexibility index (Phi) is 7.16. The first-order chi connectivity index (χ1) is 8.36. The maximum absolute atomic E-state index is 11.5. The van der Waals surface area contributed by atoms with Gasteiger partial charge >= 0.3 is 0 Å². The first-order valence-electron chi connectivity index (χ1n) is 6.65. The van der Waals surface area contributed by atoms with E-state index in [9.17, 15) is 4.79 Å². The first kappa shape index (κ1) is 14.4. The van der Waals surface area contributed by atoms with Crippen molar-refractivity contribution in [3.63, 3.8) is 0 Å². The molecule has 2 fully saturated rings. The number of nitrogens with one attached hydrogen (secondary N) is 1. The molecule has 0 aromatic heterocycles. The van der Waals surface area contributed by atoms with Crippen molar-refractivity contribution in [2.45, 2.75) is 13.8 Å². The van der Waals surface area contributed by atoms with Crippen LogP contribution in [0, 0.1) is 0 Å². The van der Waals surface area contributed by atoms with Crippen LogP contribution < -0.4 is 5.32 Å². The lowest BCUT2D eigenvalue weighted by Gasteiger charge is -2.32. The second kappa shape index (κ2) is 8.44. The highest BCUT2D eigenvalue weighted by Crippen LogP contribution is 1.99. The third-order valence-corrected chi connectivity index (χ3v) is 2.98. The summed E-state index contributed by atoms with van der Waals surface area (Å²) in [5, 5.41) is 3.08. The molecular formula is C12H25N3O2. The van der Waals surface area contributed by atoms with E-state index in [1.54, 1.807) is 0 Å². The van der Waals surface area contributed by atoms with Crippen molar-refractivity contribution in [2.24, 2.45) is 0 Å². The van der Waals surface area contributed by atoms with Gasteiger partial charge < -0.3 is 15.0 Å². The molecule has 0 atom stereocenters.